The molecule has 0 aromatic carbocycles. The molecule has 1 heterocycles. The molecule has 0 amide bonds. The van der Waals surface area contributed by atoms with Gasteiger partial charge < -0.3 is 9.73 Å². The molecule has 5 nitrogen and oxygen atoms in total. The van der Waals surface area contributed by atoms with Gasteiger partial charge in [0, 0.05) is 6.04 Å². The van der Waals surface area contributed by atoms with Gasteiger partial charge in [-0.25, -0.2) is 0 Å². The van der Waals surface area contributed by atoms with Gasteiger partial charge in [-0.3, -0.25) is 10.1 Å². The average molecular weight is 252 g/mol. The predicted molar refractivity (Wildman–Crippen MR) is 68.2 cm³/mol. The van der Waals surface area contributed by atoms with Crippen molar-refractivity contribution in [3.63, 3.8) is 0 Å². The highest BCUT2D eigenvalue weighted by Crippen LogP contribution is 2.26. The molecule has 0 radical (unpaired) electrons. The number of nitro groups is 1. The van der Waals surface area contributed by atoms with E-state index in [-0.39, 0.29) is 5.88 Å². The van der Waals surface area contributed by atoms with Crippen LogP contribution in [0.2, 0.25) is 0 Å². The molecule has 1 saturated carbocycles. The van der Waals surface area contributed by atoms with Gasteiger partial charge in [-0.1, -0.05) is 19.3 Å². The first kappa shape index (κ1) is 13.1. The molecule has 0 spiro atoms. The van der Waals surface area contributed by atoms with Crippen LogP contribution in [0.15, 0.2) is 16.5 Å². The zero-order valence-electron chi connectivity index (χ0n) is 10.7. The standard InChI is InChI=1S/C13H20N2O3/c1-10(11-5-3-2-4-6-11)14-9-12-7-8-13(18-12)15(16)17/h7-8,10-11,14H,2-6,9H2,1H3. The second-order valence-corrected chi connectivity index (χ2v) is 5.06. The fraction of sp³-hybridized carbons (Fsp3) is 0.692. The van der Waals surface area contributed by atoms with Gasteiger partial charge in [0.25, 0.3) is 0 Å². The zero-order chi connectivity index (χ0) is 13.0. The summed E-state index contributed by atoms with van der Waals surface area (Å²) in [4.78, 5) is 9.99. The summed E-state index contributed by atoms with van der Waals surface area (Å²) >= 11 is 0. The van der Waals surface area contributed by atoms with E-state index in [4.69, 9.17) is 4.42 Å². The van der Waals surface area contributed by atoms with Gasteiger partial charge in [0.05, 0.1) is 12.6 Å². The SMILES string of the molecule is CC(NCc1ccc([N+](=O)[O-])o1)C1CCCCC1. The van der Waals surface area contributed by atoms with E-state index in [9.17, 15) is 10.1 Å². The van der Waals surface area contributed by atoms with Crippen molar-refractivity contribution in [2.45, 2.75) is 51.6 Å². The number of hydrogen-bond acceptors (Lipinski definition) is 4. The van der Waals surface area contributed by atoms with Crippen LogP contribution in [0.4, 0.5) is 5.88 Å². The first-order chi connectivity index (χ1) is 8.66. The van der Waals surface area contributed by atoms with Crippen molar-refractivity contribution in [3.05, 3.63) is 28.0 Å². The largest absolute Gasteiger partial charge is 0.433 e. The smallest absolute Gasteiger partial charge is 0.404 e. The van der Waals surface area contributed by atoms with Crippen molar-refractivity contribution in [1.29, 1.82) is 0 Å². The van der Waals surface area contributed by atoms with E-state index in [0.29, 0.717) is 18.3 Å². The van der Waals surface area contributed by atoms with Gasteiger partial charge in [0.15, 0.2) is 0 Å². The van der Waals surface area contributed by atoms with Gasteiger partial charge in [0.1, 0.15) is 10.7 Å². The molecule has 1 unspecified atom stereocenters. The third kappa shape index (κ3) is 3.32. The van der Waals surface area contributed by atoms with E-state index in [0.717, 1.165) is 5.92 Å². The number of furan rings is 1. The van der Waals surface area contributed by atoms with Crippen LogP contribution < -0.4 is 5.32 Å². The molecular weight excluding hydrogens is 232 g/mol. The molecule has 0 aliphatic heterocycles. The highest BCUT2D eigenvalue weighted by atomic mass is 16.6. The number of hydrogen-bond donors (Lipinski definition) is 1. The van der Waals surface area contributed by atoms with Gasteiger partial charge in [-0.05, 0) is 31.7 Å². The maximum absolute atomic E-state index is 10.5. The lowest BCUT2D eigenvalue weighted by Crippen LogP contribution is -2.34. The third-order valence-electron chi connectivity index (χ3n) is 3.78. The fourth-order valence-corrected chi connectivity index (χ4v) is 2.62. The summed E-state index contributed by atoms with van der Waals surface area (Å²) in [6.07, 6.45) is 6.57. The molecule has 18 heavy (non-hydrogen) atoms. The lowest BCUT2D eigenvalue weighted by Gasteiger charge is -2.28. The minimum Gasteiger partial charge on any atom is -0.404 e. The monoisotopic (exact) mass is 252 g/mol. The van der Waals surface area contributed by atoms with Gasteiger partial charge in [-0.2, -0.15) is 0 Å². The Balaban J connectivity index is 1.80. The zero-order valence-corrected chi connectivity index (χ0v) is 10.7. The first-order valence-electron chi connectivity index (χ1n) is 6.63. The molecule has 1 aromatic heterocycles. The molecule has 1 fully saturated rings. The predicted octanol–water partition coefficient (Wildman–Crippen LogP) is 3.25. The summed E-state index contributed by atoms with van der Waals surface area (Å²) < 4.78 is 5.12. The van der Waals surface area contributed by atoms with Gasteiger partial charge >= 0.3 is 5.88 Å². The van der Waals surface area contributed by atoms with Crippen LogP contribution in [0.25, 0.3) is 0 Å². The van der Waals surface area contributed by atoms with E-state index in [1.54, 1.807) is 6.07 Å². The van der Waals surface area contributed by atoms with Crippen LogP contribution in [0.1, 0.15) is 44.8 Å². The normalized spacial score (nSPS) is 18.7. The molecule has 1 aromatic rings. The van der Waals surface area contributed by atoms with E-state index in [1.807, 2.05) is 0 Å². The van der Waals surface area contributed by atoms with E-state index < -0.39 is 4.92 Å². The van der Waals surface area contributed by atoms with Crippen molar-refractivity contribution in [3.8, 4) is 0 Å². The Labute approximate surface area is 107 Å². The average Bonchev–Trinajstić information content (AvgIpc) is 2.86. The Bertz CT molecular complexity index is 397. The minimum atomic E-state index is -0.506. The van der Waals surface area contributed by atoms with Gasteiger partial charge in [-0.15, -0.1) is 0 Å². The molecule has 1 N–H and O–H groups in total. The van der Waals surface area contributed by atoms with Crippen molar-refractivity contribution in [2.75, 3.05) is 0 Å². The number of nitrogens with zero attached hydrogens (tertiary/aromatic N) is 1. The second-order valence-electron chi connectivity index (χ2n) is 5.06. The summed E-state index contributed by atoms with van der Waals surface area (Å²) in [6, 6.07) is 3.51. The fourth-order valence-electron chi connectivity index (χ4n) is 2.62. The van der Waals surface area contributed by atoms with Crippen molar-refractivity contribution >= 4 is 5.88 Å². The maximum Gasteiger partial charge on any atom is 0.433 e. The Hall–Kier alpha value is -1.36. The van der Waals surface area contributed by atoms with E-state index in [1.165, 1.54) is 38.2 Å². The number of rotatable bonds is 5. The van der Waals surface area contributed by atoms with Crippen LogP contribution in [-0.2, 0) is 6.54 Å². The van der Waals surface area contributed by atoms with Crippen molar-refractivity contribution < 1.29 is 9.34 Å². The topological polar surface area (TPSA) is 68.3 Å². The number of nitrogens with one attached hydrogen (secondary N) is 1. The van der Waals surface area contributed by atoms with Crippen LogP contribution in [0, 0.1) is 16.0 Å². The summed E-state index contributed by atoms with van der Waals surface area (Å²) in [5.41, 5.74) is 0. The Kier molecular flexibility index (Phi) is 4.36. The van der Waals surface area contributed by atoms with Crippen LogP contribution in [-0.4, -0.2) is 11.0 Å². The van der Waals surface area contributed by atoms with Crippen LogP contribution >= 0.6 is 0 Å². The van der Waals surface area contributed by atoms with Crippen LogP contribution in [0.3, 0.4) is 0 Å². The summed E-state index contributed by atoms with van der Waals surface area (Å²) in [5.74, 6) is 1.17. The van der Waals surface area contributed by atoms with E-state index >= 15 is 0 Å². The van der Waals surface area contributed by atoms with Crippen LogP contribution in [0.5, 0.6) is 0 Å². The highest BCUT2D eigenvalue weighted by Gasteiger charge is 2.20. The lowest BCUT2D eigenvalue weighted by molar-refractivity contribution is -0.402. The third-order valence-corrected chi connectivity index (χ3v) is 3.78. The maximum atomic E-state index is 10.5. The van der Waals surface area contributed by atoms with Crippen molar-refractivity contribution in [1.82, 2.24) is 5.32 Å². The molecule has 1 aliphatic rings. The molecule has 2 rings (SSSR count). The van der Waals surface area contributed by atoms with Crippen molar-refractivity contribution in [2.24, 2.45) is 5.92 Å². The molecular formula is C13H20N2O3. The molecule has 1 aliphatic carbocycles. The Morgan fingerprint density at radius 3 is 2.78 bits per heavy atom. The highest BCUT2D eigenvalue weighted by molar-refractivity contribution is 5.17. The Morgan fingerprint density at radius 2 is 2.17 bits per heavy atom. The quantitative estimate of drug-likeness (QED) is 0.645. The molecule has 1 atom stereocenters. The second kappa shape index (κ2) is 6.00. The lowest BCUT2D eigenvalue weighted by atomic mass is 9.84. The van der Waals surface area contributed by atoms with E-state index in [2.05, 4.69) is 12.2 Å². The summed E-state index contributed by atoms with van der Waals surface area (Å²) in [5, 5.41) is 13.9. The summed E-state index contributed by atoms with van der Waals surface area (Å²) in [7, 11) is 0. The van der Waals surface area contributed by atoms with Gasteiger partial charge in [0.2, 0.25) is 0 Å². The molecule has 0 bridgehead atoms. The molecule has 5 heteroatoms. The minimum absolute atomic E-state index is 0.183. The first-order valence-corrected chi connectivity index (χ1v) is 6.63. The molecule has 0 saturated heterocycles. The summed E-state index contributed by atoms with van der Waals surface area (Å²) in [6.45, 7) is 2.75. The Morgan fingerprint density at radius 1 is 1.44 bits per heavy atom. The molecule has 100 valence electrons.